The Balaban J connectivity index is 2.18. The van der Waals surface area contributed by atoms with E-state index < -0.39 is 0 Å². The third kappa shape index (κ3) is 4.83. The Labute approximate surface area is 148 Å². The van der Waals surface area contributed by atoms with E-state index in [1.807, 2.05) is 24.3 Å². The third-order valence-electron chi connectivity index (χ3n) is 3.78. The lowest BCUT2D eigenvalue weighted by Crippen LogP contribution is -2.14. The first-order chi connectivity index (χ1) is 11.7. The minimum absolute atomic E-state index is 0.0399. The van der Waals surface area contributed by atoms with Crippen LogP contribution in [-0.4, -0.2) is 18.9 Å². The molecule has 0 spiro atoms. The number of hydrogen-bond acceptors (Lipinski definition) is 3. The predicted octanol–water partition coefficient (Wildman–Crippen LogP) is 4.20. The second kappa shape index (κ2) is 7.38. The zero-order chi connectivity index (χ0) is 18.6. The van der Waals surface area contributed by atoms with Gasteiger partial charge in [-0.05, 0) is 41.3 Å². The number of anilines is 2. The molecule has 2 rings (SSSR count). The van der Waals surface area contributed by atoms with Crippen LogP contribution in [0.5, 0.6) is 5.75 Å². The molecule has 25 heavy (non-hydrogen) atoms. The van der Waals surface area contributed by atoms with E-state index in [0.29, 0.717) is 22.7 Å². The average molecular weight is 340 g/mol. The molecule has 0 aliphatic heterocycles. The third-order valence-corrected chi connectivity index (χ3v) is 3.78. The zero-order valence-electron chi connectivity index (χ0n) is 15.3. The second-order valence-corrected chi connectivity index (χ2v) is 6.88. The lowest BCUT2D eigenvalue weighted by molar-refractivity contribution is -0.114. The SMILES string of the molecule is COc1ccc(NC(=O)c2ccc(C(C)(C)C)cc2)cc1NC(C)=O. The second-order valence-electron chi connectivity index (χ2n) is 6.88. The van der Waals surface area contributed by atoms with Gasteiger partial charge < -0.3 is 15.4 Å². The van der Waals surface area contributed by atoms with Crippen molar-refractivity contribution in [1.29, 1.82) is 0 Å². The summed E-state index contributed by atoms with van der Waals surface area (Å²) in [6.45, 7) is 7.80. The highest BCUT2D eigenvalue weighted by molar-refractivity contribution is 6.04. The number of nitrogens with one attached hydrogen (secondary N) is 2. The normalized spacial score (nSPS) is 10.9. The number of methoxy groups -OCH3 is 1. The Morgan fingerprint density at radius 2 is 1.60 bits per heavy atom. The highest BCUT2D eigenvalue weighted by Crippen LogP contribution is 2.28. The molecule has 5 nitrogen and oxygen atoms in total. The van der Waals surface area contributed by atoms with Gasteiger partial charge in [-0.15, -0.1) is 0 Å². The summed E-state index contributed by atoms with van der Waals surface area (Å²) in [6.07, 6.45) is 0. The molecule has 2 amide bonds. The number of ether oxygens (including phenoxy) is 1. The van der Waals surface area contributed by atoms with Crippen molar-refractivity contribution in [2.45, 2.75) is 33.1 Å². The number of carbonyl (C=O) groups excluding carboxylic acids is 2. The van der Waals surface area contributed by atoms with Gasteiger partial charge in [-0.1, -0.05) is 32.9 Å². The number of benzene rings is 2. The number of carbonyl (C=O) groups is 2. The largest absolute Gasteiger partial charge is 0.495 e. The van der Waals surface area contributed by atoms with Crippen molar-refractivity contribution < 1.29 is 14.3 Å². The van der Waals surface area contributed by atoms with Crippen LogP contribution in [0.15, 0.2) is 42.5 Å². The molecule has 0 heterocycles. The van der Waals surface area contributed by atoms with E-state index in [4.69, 9.17) is 4.74 Å². The van der Waals surface area contributed by atoms with Crippen molar-refractivity contribution in [1.82, 2.24) is 0 Å². The van der Waals surface area contributed by atoms with Crippen molar-refractivity contribution in [2.75, 3.05) is 17.7 Å². The fourth-order valence-electron chi connectivity index (χ4n) is 2.40. The van der Waals surface area contributed by atoms with Crippen LogP contribution >= 0.6 is 0 Å². The highest BCUT2D eigenvalue weighted by Gasteiger charge is 2.15. The van der Waals surface area contributed by atoms with Gasteiger partial charge in [-0.3, -0.25) is 9.59 Å². The molecule has 0 atom stereocenters. The maximum atomic E-state index is 12.4. The maximum absolute atomic E-state index is 12.4. The van der Waals surface area contributed by atoms with Crippen molar-refractivity contribution in [2.24, 2.45) is 0 Å². The first kappa shape index (κ1) is 18.5. The lowest BCUT2D eigenvalue weighted by Gasteiger charge is -2.19. The minimum atomic E-state index is -0.209. The number of amides is 2. The Bertz CT molecular complexity index is 775. The van der Waals surface area contributed by atoms with E-state index in [9.17, 15) is 9.59 Å². The first-order valence-corrected chi connectivity index (χ1v) is 8.08. The molecule has 0 aromatic heterocycles. The van der Waals surface area contributed by atoms with Crippen LogP contribution in [0.1, 0.15) is 43.6 Å². The molecule has 132 valence electrons. The van der Waals surface area contributed by atoms with Gasteiger partial charge in [0.15, 0.2) is 0 Å². The monoisotopic (exact) mass is 340 g/mol. The molecule has 0 radical (unpaired) electrons. The Morgan fingerprint density at radius 1 is 0.960 bits per heavy atom. The van der Waals surface area contributed by atoms with Gasteiger partial charge in [0.1, 0.15) is 5.75 Å². The average Bonchev–Trinajstić information content (AvgIpc) is 2.54. The molecule has 0 saturated heterocycles. The Morgan fingerprint density at radius 3 is 2.12 bits per heavy atom. The van der Waals surface area contributed by atoms with Gasteiger partial charge in [0.05, 0.1) is 12.8 Å². The molecule has 0 bridgehead atoms. The van der Waals surface area contributed by atoms with Crippen molar-refractivity contribution in [3.63, 3.8) is 0 Å². The molecule has 2 aromatic rings. The van der Waals surface area contributed by atoms with Crippen LogP contribution in [0, 0.1) is 0 Å². The minimum Gasteiger partial charge on any atom is -0.495 e. The van der Waals surface area contributed by atoms with Crippen LogP contribution in [0.25, 0.3) is 0 Å². The van der Waals surface area contributed by atoms with Gasteiger partial charge in [-0.25, -0.2) is 0 Å². The topological polar surface area (TPSA) is 67.4 Å². The van der Waals surface area contributed by atoms with Gasteiger partial charge in [0.2, 0.25) is 5.91 Å². The summed E-state index contributed by atoms with van der Waals surface area (Å²) < 4.78 is 5.21. The Kier molecular flexibility index (Phi) is 5.47. The summed E-state index contributed by atoms with van der Waals surface area (Å²) in [6, 6.07) is 12.6. The fourth-order valence-corrected chi connectivity index (χ4v) is 2.40. The van der Waals surface area contributed by atoms with Crippen LogP contribution in [0.2, 0.25) is 0 Å². The molecular formula is C20H24N2O3. The number of rotatable bonds is 4. The predicted molar refractivity (Wildman–Crippen MR) is 100 cm³/mol. The van der Waals surface area contributed by atoms with Gasteiger partial charge in [0, 0.05) is 18.2 Å². The van der Waals surface area contributed by atoms with E-state index in [-0.39, 0.29) is 17.2 Å². The molecular weight excluding hydrogens is 316 g/mol. The molecule has 2 N–H and O–H groups in total. The van der Waals surface area contributed by atoms with E-state index in [1.165, 1.54) is 19.6 Å². The Hall–Kier alpha value is -2.82. The summed E-state index contributed by atoms with van der Waals surface area (Å²) in [7, 11) is 1.52. The van der Waals surface area contributed by atoms with Crippen LogP contribution < -0.4 is 15.4 Å². The standard InChI is InChI=1S/C20H24N2O3/c1-13(23)21-17-12-16(10-11-18(17)25-5)22-19(24)14-6-8-15(9-7-14)20(2,3)4/h6-12H,1-5H3,(H,21,23)(H,22,24). The summed E-state index contributed by atoms with van der Waals surface area (Å²) >= 11 is 0. The molecule has 0 aliphatic rings. The summed E-state index contributed by atoms with van der Waals surface area (Å²) in [5.41, 5.74) is 2.87. The van der Waals surface area contributed by atoms with Crippen molar-refractivity contribution in [3.05, 3.63) is 53.6 Å². The summed E-state index contributed by atoms with van der Waals surface area (Å²) in [4.78, 5) is 23.7. The van der Waals surface area contributed by atoms with Crippen molar-refractivity contribution in [3.8, 4) is 5.75 Å². The maximum Gasteiger partial charge on any atom is 0.255 e. The lowest BCUT2D eigenvalue weighted by atomic mass is 9.87. The van der Waals surface area contributed by atoms with Gasteiger partial charge in [0.25, 0.3) is 5.91 Å². The molecule has 5 heteroatoms. The van der Waals surface area contributed by atoms with E-state index in [2.05, 4.69) is 31.4 Å². The van der Waals surface area contributed by atoms with E-state index in [0.717, 1.165) is 0 Å². The van der Waals surface area contributed by atoms with Gasteiger partial charge in [-0.2, -0.15) is 0 Å². The molecule has 0 unspecified atom stereocenters. The summed E-state index contributed by atoms with van der Waals surface area (Å²) in [5, 5.41) is 5.52. The van der Waals surface area contributed by atoms with Crippen LogP contribution in [-0.2, 0) is 10.2 Å². The quantitative estimate of drug-likeness (QED) is 0.876. The van der Waals surface area contributed by atoms with Crippen LogP contribution in [0.4, 0.5) is 11.4 Å². The summed E-state index contributed by atoms with van der Waals surface area (Å²) in [5.74, 6) is 0.113. The molecule has 0 fully saturated rings. The smallest absolute Gasteiger partial charge is 0.255 e. The van der Waals surface area contributed by atoms with Crippen LogP contribution in [0.3, 0.4) is 0 Å². The number of hydrogen-bond donors (Lipinski definition) is 2. The van der Waals surface area contributed by atoms with E-state index >= 15 is 0 Å². The van der Waals surface area contributed by atoms with E-state index in [1.54, 1.807) is 18.2 Å². The fraction of sp³-hybridized carbons (Fsp3) is 0.300. The highest BCUT2D eigenvalue weighted by atomic mass is 16.5. The van der Waals surface area contributed by atoms with Crippen molar-refractivity contribution >= 4 is 23.2 Å². The molecule has 0 saturated carbocycles. The molecule has 2 aromatic carbocycles. The van der Waals surface area contributed by atoms with Gasteiger partial charge >= 0.3 is 0 Å². The zero-order valence-corrected chi connectivity index (χ0v) is 15.3. The first-order valence-electron chi connectivity index (χ1n) is 8.08. The molecule has 0 aliphatic carbocycles.